The summed E-state index contributed by atoms with van der Waals surface area (Å²) in [6, 6.07) is 1.15. The highest BCUT2D eigenvalue weighted by Gasteiger charge is 2.38. The number of hydrogen-bond acceptors (Lipinski definition) is 5. The number of anilines is 1. The molecule has 2 rings (SSSR count). The molecule has 0 bridgehead atoms. The number of aromatic nitrogens is 4. The van der Waals surface area contributed by atoms with Crippen LogP contribution in [-0.4, -0.2) is 30.8 Å². The first kappa shape index (κ1) is 16.5. The highest BCUT2D eigenvalue weighted by atomic mass is 19.4. The summed E-state index contributed by atoms with van der Waals surface area (Å²) >= 11 is 0. The smallest absolute Gasteiger partial charge is 0.358 e. The molecule has 0 atom stereocenters. The van der Waals surface area contributed by atoms with Gasteiger partial charge in [-0.3, -0.25) is 9.89 Å². The van der Waals surface area contributed by atoms with E-state index in [0.29, 0.717) is 0 Å². The maximum Gasteiger partial charge on any atom is 0.437 e. The average Bonchev–Trinajstić information content (AvgIpc) is 3.04. The van der Waals surface area contributed by atoms with Crippen LogP contribution in [0.3, 0.4) is 0 Å². The highest BCUT2D eigenvalue weighted by molar-refractivity contribution is 5.91. The highest BCUT2D eigenvalue weighted by Crippen LogP contribution is 2.34. The Morgan fingerprint density at radius 1 is 1.52 bits per heavy atom. The summed E-state index contributed by atoms with van der Waals surface area (Å²) < 4.78 is 39.3. The lowest BCUT2D eigenvalue weighted by Gasteiger charge is -2.08. The molecular formula is C11H11F3N6O3. The molecule has 0 aliphatic heterocycles. The molecule has 0 spiro atoms. The molecule has 2 heterocycles. The van der Waals surface area contributed by atoms with Gasteiger partial charge in [-0.05, 0) is 11.8 Å². The van der Waals surface area contributed by atoms with Crippen LogP contribution in [0.25, 0.3) is 0 Å². The fourth-order valence-corrected chi connectivity index (χ4v) is 1.78. The zero-order valence-electron chi connectivity index (χ0n) is 11.7. The normalized spacial score (nSPS) is 11.5. The summed E-state index contributed by atoms with van der Waals surface area (Å²) in [5.41, 5.74) is -1.58. The van der Waals surface area contributed by atoms with E-state index < -0.39 is 28.4 Å². The number of halogens is 3. The van der Waals surface area contributed by atoms with Gasteiger partial charge < -0.3 is 15.4 Å². The van der Waals surface area contributed by atoms with Gasteiger partial charge in [0.1, 0.15) is 0 Å². The third-order valence-corrected chi connectivity index (χ3v) is 2.86. The van der Waals surface area contributed by atoms with Gasteiger partial charge in [0.2, 0.25) is 5.91 Å². The molecule has 1 amide bonds. The Labute approximate surface area is 126 Å². The Balaban J connectivity index is 2.00. The van der Waals surface area contributed by atoms with Crippen LogP contribution >= 0.6 is 0 Å². The van der Waals surface area contributed by atoms with E-state index in [0.717, 1.165) is 10.7 Å². The average molecular weight is 332 g/mol. The van der Waals surface area contributed by atoms with Crippen LogP contribution in [0.15, 0.2) is 12.3 Å². The van der Waals surface area contributed by atoms with Gasteiger partial charge in [-0.1, -0.05) is 0 Å². The molecule has 0 saturated carbocycles. The van der Waals surface area contributed by atoms with Crippen molar-refractivity contribution in [2.24, 2.45) is 0 Å². The largest absolute Gasteiger partial charge is 0.437 e. The van der Waals surface area contributed by atoms with Crippen molar-refractivity contribution in [3.63, 3.8) is 0 Å². The molecular weight excluding hydrogens is 321 g/mol. The summed E-state index contributed by atoms with van der Waals surface area (Å²) in [6.07, 6.45) is -3.60. The summed E-state index contributed by atoms with van der Waals surface area (Å²) in [4.78, 5) is 21.5. The first-order valence-electron chi connectivity index (χ1n) is 6.28. The maximum atomic E-state index is 12.7. The van der Waals surface area contributed by atoms with Crippen LogP contribution in [0, 0.1) is 17.0 Å². The standard InChI is InChI=1S/C11H11F3N6O3/c1-6-9(10(17-16-6)11(12,13)14)15-8(21)3-5-19-4-2-7(18-19)20(22)23/h2,4H,3,5H2,1H3,(H,15,21)(H,16,17). The van der Waals surface area contributed by atoms with Gasteiger partial charge in [-0.25, -0.2) is 0 Å². The Bertz CT molecular complexity index is 736. The van der Waals surface area contributed by atoms with Crippen molar-refractivity contribution in [2.45, 2.75) is 26.1 Å². The summed E-state index contributed by atoms with van der Waals surface area (Å²) in [6.45, 7) is 1.33. The van der Waals surface area contributed by atoms with E-state index >= 15 is 0 Å². The number of H-pyrrole nitrogens is 1. The lowest BCUT2D eigenvalue weighted by atomic mass is 10.2. The number of rotatable bonds is 5. The van der Waals surface area contributed by atoms with Crippen molar-refractivity contribution in [2.75, 3.05) is 5.32 Å². The van der Waals surface area contributed by atoms with Gasteiger partial charge in [0.05, 0.1) is 35.3 Å². The first-order chi connectivity index (χ1) is 10.7. The van der Waals surface area contributed by atoms with Crippen molar-refractivity contribution < 1.29 is 22.9 Å². The zero-order chi connectivity index (χ0) is 17.2. The molecule has 12 heteroatoms. The van der Waals surface area contributed by atoms with Gasteiger partial charge in [0.15, 0.2) is 5.69 Å². The van der Waals surface area contributed by atoms with Crippen molar-refractivity contribution in [1.82, 2.24) is 20.0 Å². The lowest BCUT2D eigenvalue weighted by molar-refractivity contribution is -0.389. The van der Waals surface area contributed by atoms with E-state index in [-0.39, 0.29) is 24.5 Å². The first-order valence-corrected chi connectivity index (χ1v) is 6.28. The molecule has 2 aromatic rings. The summed E-state index contributed by atoms with van der Waals surface area (Å²) in [7, 11) is 0. The molecule has 0 fully saturated rings. The van der Waals surface area contributed by atoms with Gasteiger partial charge >= 0.3 is 12.0 Å². The number of nitro groups is 1. The van der Waals surface area contributed by atoms with Crippen LogP contribution in [0.4, 0.5) is 24.7 Å². The van der Waals surface area contributed by atoms with Gasteiger partial charge in [0, 0.05) is 6.42 Å². The number of alkyl halides is 3. The molecule has 0 unspecified atom stereocenters. The number of carbonyl (C=O) groups is 1. The predicted molar refractivity (Wildman–Crippen MR) is 70.5 cm³/mol. The van der Waals surface area contributed by atoms with Crippen LogP contribution in [-0.2, 0) is 17.5 Å². The molecule has 0 aliphatic rings. The minimum Gasteiger partial charge on any atom is -0.358 e. The van der Waals surface area contributed by atoms with E-state index in [1.165, 1.54) is 13.1 Å². The predicted octanol–water partition coefficient (Wildman–Crippen LogP) is 1.87. The number of nitrogens with one attached hydrogen (secondary N) is 2. The molecule has 0 radical (unpaired) electrons. The topological polar surface area (TPSA) is 119 Å². The fraction of sp³-hybridized carbons (Fsp3) is 0.364. The Kier molecular flexibility index (Phi) is 4.33. The SMILES string of the molecule is Cc1[nH]nc(C(F)(F)F)c1NC(=O)CCn1ccc([N+](=O)[O-])n1. The van der Waals surface area contributed by atoms with Crippen LogP contribution < -0.4 is 5.32 Å². The number of aromatic amines is 1. The van der Waals surface area contributed by atoms with E-state index in [1.807, 2.05) is 0 Å². The van der Waals surface area contributed by atoms with Gasteiger partial charge in [-0.15, -0.1) is 0 Å². The molecule has 0 aliphatic carbocycles. The second kappa shape index (κ2) is 6.06. The third-order valence-electron chi connectivity index (χ3n) is 2.86. The fourth-order valence-electron chi connectivity index (χ4n) is 1.78. The van der Waals surface area contributed by atoms with E-state index in [2.05, 4.69) is 20.6 Å². The van der Waals surface area contributed by atoms with Gasteiger partial charge in [0.25, 0.3) is 0 Å². The number of carbonyl (C=O) groups excluding carboxylic acids is 1. The summed E-state index contributed by atoms with van der Waals surface area (Å²) in [5.74, 6) is -1.08. The van der Waals surface area contributed by atoms with E-state index in [9.17, 15) is 28.1 Å². The number of aryl methyl sites for hydroxylation is 2. The summed E-state index contributed by atoms with van der Waals surface area (Å²) in [5, 5.41) is 21.5. The van der Waals surface area contributed by atoms with Crippen molar-refractivity contribution >= 4 is 17.4 Å². The second-order valence-corrected chi connectivity index (χ2v) is 4.56. The van der Waals surface area contributed by atoms with Gasteiger partial charge in [-0.2, -0.15) is 23.0 Å². The minimum absolute atomic E-state index is 0.0159. The molecule has 0 aromatic carbocycles. The number of amides is 1. The van der Waals surface area contributed by atoms with Crippen LogP contribution in [0.5, 0.6) is 0 Å². The number of hydrogen-bond donors (Lipinski definition) is 2. The monoisotopic (exact) mass is 332 g/mol. The Morgan fingerprint density at radius 3 is 2.78 bits per heavy atom. The van der Waals surface area contributed by atoms with Crippen molar-refractivity contribution in [1.29, 1.82) is 0 Å². The third kappa shape index (κ3) is 3.84. The Hall–Kier alpha value is -2.92. The lowest BCUT2D eigenvalue weighted by Crippen LogP contribution is -2.18. The minimum atomic E-state index is -4.70. The van der Waals surface area contributed by atoms with Crippen LogP contribution in [0.2, 0.25) is 0 Å². The van der Waals surface area contributed by atoms with E-state index in [4.69, 9.17) is 0 Å². The quantitative estimate of drug-likeness (QED) is 0.640. The molecule has 2 aromatic heterocycles. The molecule has 0 saturated heterocycles. The zero-order valence-corrected chi connectivity index (χ0v) is 11.7. The second-order valence-electron chi connectivity index (χ2n) is 4.56. The Morgan fingerprint density at radius 2 is 2.22 bits per heavy atom. The van der Waals surface area contributed by atoms with Crippen molar-refractivity contribution in [3.8, 4) is 0 Å². The molecule has 124 valence electrons. The van der Waals surface area contributed by atoms with Crippen LogP contribution in [0.1, 0.15) is 17.8 Å². The van der Waals surface area contributed by atoms with E-state index in [1.54, 1.807) is 0 Å². The molecule has 2 N–H and O–H groups in total. The van der Waals surface area contributed by atoms with Crippen molar-refractivity contribution in [3.05, 3.63) is 33.8 Å². The number of nitrogens with zero attached hydrogens (tertiary/aromatic N) is 4. The maximum absolute atomic E-state index is 12.7. The molecule has 9 nitrogen and oxygen atoms in total. The molecule has 23 heavy (non-hydrogen) atoms.